The number of hydrogen-bond acceptors (Lipinski definition) is 3. The monoisotopic (exact) mass is 339 g/mol. The zero-order valence-electron chi connectivity index (χ0n) is 11.5. The van der Waals surface area contributed by atoms with Gasteiger partial charge in [0.15, 0.2) is 6.61 Å². The molecular weight excluding hydrogens is 322 g/mol. The second-order valence-electron chi connectivity index (χ2n) is 5.17. The number of ether oxygens (including phenoxy) is 1. The zero-order chi connectivity index (χ0) is 14.5. The van der Waals surface area contributed by atoms with E-state index in [9.17, 15) is 9.59 Å². The van der Waals surface area contributed by atoms with Crippen LogP contribution in [0.25, 0.3) is 0 Å². The number of esters is 1. The van der Waals surface area contributed by atoms with Crippen LogP contribution < -0.4 is 0 Å². The molecule has 0 N–H and O–H groups in total. The number of nitrogens with zero attached hydrogens (tertiary/aromatic N) is 1. The van der Waals surface area contributed by atoms with Gasteiger partial charge in [0.1, 0.15) is 0 Å². The lowest BCUT2D eigenvalue weighted by atomic mass is 10.0. The number of likely N-dealkylation sites (tertiary alicyclic amines) is 1. The summed E-state index contributed by atoms with van der Waals surface area (Å²) in [7, 11) is 0. The molecule has 1 fully saturated rings. The maximum atomic E-state index is 12.0. The fraction of sp³-hybridized carbons (Fsp3) is 0.467. The third kappa shape index (κ3) is 4.07. The number of carbonyl (C=O) groups is 2. The van der Waals surface area contributed by atoms with Crippen molar-refractivity contribution in [2.75, 3.05) is 19.7 Å². The molecule has 0 saturated carbocycles. The molecule has 1 atom stereocenters. The summed E-state index contributed by atoms with van der Waals surface area (Å²) in [4.78, 5) is 25.6. The number of halogens is 1. The van der Waals surface area contributed by atoms with Crippen molar-refractivity contribution >= 4 is 27.8 Å². The highest BCUT2D eigenvalue weighted by Crippen LogP contribution is 2.16. The van der Waals surface area contributed by atoms with Crippen LogP contribution in [-0.4, -0.2) is 36.5 Å². The Labute approximate surface area is 127 Å². The summed E-state index contributed by atoms with van der Waals surface area (Å²) in [5.74, 6) is -0.0483. The van der Waals surface area contributed by atoms with Crippen molar-refractivity contribution in [3.05, 3.63) is 34.3 Å². The van der Waals surface area contributed by atoms with Gasteiger partial charge in [-0.05, 0) is 43.0 Å². The summed E-state index contributed by atoms with van der Waals surface area (Å²) in [5.41, 5.74) is 0.452. The molecule has 1 aliphatic rings. The molecule has 0 spiro atoms. The molecule has 1 aromatic carbocycles. The molecule has 108 valence electrons. The van der Waals surface area contributed by atoms with Crippen molar-refractivity contribution in [2.24, 2.45) is 5.92 Å². The number of piperidine rings is 1. The van der Waals surface area contributed by atoms with E-state index in [1.807, 2.05) is 0 Å². The largest absolute Gasteiger partial charge is 0.452 e. The highest BCUT2D eigenvalue weighted by Gasteiger charge is 2.21. The predicted molar refractivity (Wildman–Crippen MR) is 79.4 cm³/mol. The second-order valence-corrected chi connectivity index (χ2v) is 6.09. The van der Waals surface area contributed by atoms with Gasteiger partial charge < -0.3 is 9.64 Å². The number of carbonyl (C=O) groups excluding carboxylic acids is 2. The quantitative estimate of drug-likeness (QED) is 0.795. The average molecular weight is 340 g/mol. The number of amides is 1. The molecule has 0 aromatic heterocycles. The van der Waals surface area contributed by atoms with Gasteiger partial charge >= 0.3 is 5.97 Å². The number of benzene rings is 1. The lowest BCUT2D eigenvalue weighted by molar-refractivity contribution is -0.136. The molecule has 4 nitrogen and oxygen atoms in total. The first-order chi connectivity index (χ1) is 9.56. The van der Waals surface area contributed by atoms with Gasteiger partial charge in [0.2, 0.25) is 0 Å². The third-order valence-electron chi connectivity index (χ3n) is 3.42. The second kappa shape index (κ2) is 6.88. The molecule has 0 aliphatic carbocycles. The zero-order valence-corrected chi connectivity index (χ0v) is 13.1. The lowest BCUT2D eigenvalue weighted by Gasteiger charge is -2.30. The molecule has 1 saturated heterocycles. The normalized spacial score (nSPS) is 18.7. The maximum absolute atomic E-state index is 12.0. The predicted octanol–water partition coefficient (Wildman–Crippen LogP) is 2.86. The first kappa shape index (κ1) is 15.0. The molecule has 1 amide bonds. The number of rotatable bonds is 3. The maximum Gasteiger partial charge on any atom is 0.338 e. The molecule has 1 aromatic rings. The van der Waals surface area contributed by atoms with Gasteiger partial charge in [-0.25, -0.2) is 4.79 Å². The Morgan fingerprint density at radius 2 is 2.05 bits per heavy atom. The van der Waals surface area contributed by atoms with E-state index in [-0.39, 0.29) is 12.5 Å². The molecule has 0 radical (unpaired) electrons. The van der Waals surface area contributed by atoms with Crippen LogP contribution in [0.5, 0.6) is 0 Å². The van der Waals surface area contributed by atoms with Crippen LogP contribution in [0.4, 0.5) is 0 Å². The van der Waals surface area contributed by atoms with E-state index in [4.69, 9.17) is 4.74 Å². The third-order valence-corrected chi connectivity index (χ3v) is 3.95. The smallest absolute Gasteiger partial charge is 0.338 e. The minimum atomic E-state index is -0.462. The molecular formula is C15H18BrNO3. The van der Waals surface area contributed by atoms with Gasteiger partial charge in [-0.1, -0.05) is 22.9 Å². The summed E-state index contributed by atoms with van der Waals surface area (Å²) < 4.78 is 5.97. The molecule has 0 bridgehead atoms. The van der Waals surface area contributed by atoms with E-state index in [1.54, 1.807) is 29.2 Å². The first-order valence-electron chi connectivity index (χ1n) is 6.76. The topological polar surface area (TPSA) is 46.6 Å². The van der Waals surface area contributed by atoms with Crippen LogP contribution in [0.2, 0.25) is 0 Å². The fourth-order valence-electron chi connectivity index (χ4n) is 2.30. The van der Waals surface area contributed by atoms with Crippen molar-refractivity contribution in [2.45, 2.75) is 19.8 Å². The Kier molecular flexibility index (Phi) is 5.17. The van der Waals surface area contributed by atoms with Gasteiger partial charge in [0.25, 0.3) is 5.91 Å². The number of hydrogen-bond donors (Lipinski definition) is 0. The highest BCUT2D eigenvalue weighted by atomic mass is 79.9. The highest BCUT2D eigenvalue weighted by molar-refractivity contribution is 9.10. The van der Waals surface area contributed by atoms with E-state index in [0.29, 0.717) is 11.5 Å². The summed E-state index contributed by atoms with van der Waals surface area (Å²) in [6.07, 6.45) is 2.18. The van der Waals surface area contributed by atoms with Gasteiger partial charge in [-0.15, -0.1) is 0 Å². The van der Waals surface area contributed by atoms with Crippen molar-refractivity contribution in [1.82, 2.24) is 4.90 Å². The van der Waals surface area contributed by atoms with Crippen LogP contribution in [0, 0.1) is 5.92 Å². The van der Waals surface area contributed by atoms with E-state index in [1.165, 1.54) is 0 Å². The van der Waals surface area contributed by atoms with Gasteiger partial charge in [-0.3, -0.25) is 4.79 Å². The summed E-state index contributed by atoms with van der Waals surface area (Å²) in [5, 5.41) is 0. The summed E-state index contributed by atoms with van der Waals surface area (Å²) in [6, 6.07) is 6.87. The van der Waals surface area contributed by atoms with E-state index in [2.05, 4.69) is 22.9 Å². The average Bonchev–Trinajstić information content (AvgIpc) is 2.45. The lowest BCUT2D eigenvalue weighted by Crippen LogP contribution is -2.41. The van der Waals surface area contributed by atoms with Crippen molar-refractivity contribution in [3.8, 4) is 0 Å². The Morgan fingerprint density at radius 1 is 1.35 bits per heavy atom. The van der Waals surface area contributed by atoms with Crippen LogP contribution in [0.1, 0.15) is 30.1 Å². The Morgan fingerprint density at radius 3 is 2.70 bits per heavy atom. The SMILES string of the molecule is CC1CCCN(C(=O)COC(=O)c2ccc(Br)cc2)C1. The minimum absolute atomic E-state index is 0.109. The fourth-order valence-corrected chi connectivity index (χ4v) is 2.57. The minimum Gasteiger partial charge on any atom is -0.452 e. The summed E-state index contributed by atoms with van der Waals surface area (Å²) in [6.45, 7) is 3.47. The van der Waals surface area contributed by atoms with Gasteiger partial charge in [0, 0.05) is 17.6 Å². The molecule has 20 heavy (non-hydrogen) atoms. The Balaban J connectivity index is 1.83. The van der Waals surface area contributed by atoms with Gasteiger partial charge in [0.05, 0.1) is 5.56 Å². The van der Waals surface area contributed by atoms with E-state index in [0.717, 1.165) is 30.4 Å². The molecule has 1 unspecified atom stereocenters. The van der Waals surface area contributed by atoms with Crippen LogP contribution in [-0.2, 0) is 9.53 Å². The van der Waals surface area contributed by atoms with E-state index < -0.39 is 5.97 Å². The van der Waals surface area contributed by atoms with Crippen molar-refractivity contribution in [3.63, 3.8) is 0 Å². The first-order valence-corrected chi connectivity index (χ1v) is 7.56. The standard InChI is InChI=1S/C15H18BrNO3/c1-11-3-2-8-17(9-11)14(18)10-20-15(19)12-4-6-13(16)7-5-12/h4-7,11H,2-3,8-10H2,1H3. The van der Waals surface area contributed by atoms with Crippen LogP contribution >= 0.6 is 15.9 Å². The summed E-state index contributed by atoms with van der Waals surface area (Å²) >= 11 is 3.30. The van der Waals surface area contributed by atoms with Crippen molar-refractivity contribution in [1.29, 1.82) is 0 Å². The van der Waals surface area contributed by atoms with Gasteiger partial charge in [-0.2, -0.15) is 0 Å². The Hall–Kier alpha value is -1.36. The van der Waals surface area contributed by atoms with Crippen LogP contribution in [0.3, 0.4) is 0 Å². The molecule has 1 heterocycles. The van der Waals surface area contributed by atoms with Crippen LogP contribution in [0.15, 0.2) is 28.7 Å². The van der Waals surface area contributed by atoms with E-state index >= 15 is 0 Å². The van der Waals surface area contributed by atoms with Crippen molar-refractivity contribution < 1.29 is 14.3 Å². The Bertz CT molecular complexity index is 486. The molecule has 2 rings (SSSR count). The molecule has 5 heteroatoms. The molecule has 1 aliphatic heterocycles.